The summed E-state index contributed by atoms with van der Waals surface area (Å²) in [6.45, 7) is 9.37. The number of hydrogen-bond acceptors (Lipinski definition) is 13. The molecule has 0 radical (unpaired) electrons. The molecule has 1 saturated heterocycles. The molecule has 3 heterocycles. The molecule has 1 aliphatic heterocycles. The van der Waals surface area contributed by atoms with Gasteiger partial charge in [0.2, 0.25) is 0 Å². The van der Waals surface area contributed by atoms with Crippen molar-refractivity contribution in [1.29, 1.82) is 0 Å². The summed E-state index contributed by atoms with van der Waals surface area (Å²) < 4.78 is 38.2. The fourth-order valence-electron chi connectivity index (χ4n) is 5.41. The Labute approximate surface area is 283 Å². The summed E-state index contributed by atoms with van der Waals surface area (Å²) in [6.07, 6.45) is -5.76. The summed E-state index contributed by atoms with van der Waals surface area (Å²) in [4.78, 5) is 19.1. The van der Waals surface area contributed by atoms with Crippen LogP contribution < -0.4 is 10.5 Å². The quantitative estimate of drug-likeness (QED) is 0.142. The van der Waals surface area contributed by atoms with Crippen molar-refractivity contribution in [1.82, 2.24) is 29.6 Å². The van der Waals surface area contributed by atoms with Crippen molar-refractivity contribution in [2.24, 2.45) is 0 Å². The molecule has 1 amide bonds. The molecule has 3 aromatic carbocycles. The molecule has 0 unspecified atom stereocenters. The highest BCUT2D eigenvalue weighted by Gasteiger charge is 2.45. The number of nitrogen functional groups attached to an aromatic ring is 1. The molecule has 260 valence electrons. The van der Waals surface area contributed by atoms with Crippen LogP contribution >= 0.6 is 0 Å². The van der Waals surface area contributed by atoms with Gasteiger partial charge in [0.05, 0.1) is 23.4 Å². The zero-order chi connectivity index (χ0) is 35.3. The number of fused-ring (bicyclic) bond motifs is 2. The number of nitrogens with two attached hydrogens (primary N) is 1. The van der Waals surface area contributed by atoms with E-state index in [0.717, 1.165) is 16.3 Å². The lowest BCUT2D eigenvalue weighted by Gasteiger charge is -2.16. The Balaban J connectivity index is 0.000000606. The van der Waals surface area contributed by atoms with E-state index in [1.54, 1.807) is 10.8 Å². The molecule has 49 heavy (non-hydrogen) atoms. The average Bonchev–Trinajstić information content (AvgIpc) is 3.64. The Morgan fingerprint density at radius 2 is 1.65 bits per heavy atom. The number of aromatic hydroxyl groups is 1. The minimum absolute atomic E-state index is 0.0844. The minimum atomic E-state index is -4.68. The van der Waals surface area contributed by atoms with Gasteiger partial charge in [-0.3, -0.25) is 8.98 Å². The van der Waals surface area contributed by atoms with Gasteiger partial charge in [-0.2, -0.15) is 8.42 Å². The third kappa shape index (κ3) is 7.96. The standard InChI is InChI=1S/C27H24N6O8S.C6H15N/c28-25-22-19(12-18(29-25)16-10-9-14-5-1-2-6-15(14)11-16)33(32-30-22)27-24(36)23(35)21(41-27)13-40-42(38,39)31-26(37)17-7-3-4-8-20(17)34;1-4-7(5-2)6-3/h1-12,21,23-24,27,34-36H,13H2,(H2,28,29)(H,31,37);4-6H2,1-3H3/t21-,23-,24-,27-;/m1./s1. The molecule has 15 nitrogen and oxygen atoms in total. The molecule has 0 aliphatic carbocycles. The number of nitrogens with one attached hydrogen (secondary N) is 1. The molecule has 1 fully saturated rings. The molecule has 0 saturated carbocycles. The number of pyridine rings is 1. The average molecular weight is 694 g/mol. The van der Waals surface area contributed by atoms with Crippen LogP contribution in [0, 0.1) is 0 Å². The second-order valence-electron chi connectivity index (χ2n) is 11.2. The first-order valence-corrected chi connectivity index (χ1v) is 17.1. The minimum Gasteiger partial charge on any atom is -0.507 e. The second kappa shape index (κ2) is 15.2. The Morgan fingerprint density at radius 3 is 2.33 bits per heavy atom. The van der Waals surface area contributed by atoms with Gasteiger partial charge in [0, 0.05) is 5.56 Å². The number of hydrogen-bond donors (Lipinski definition) is 5. The molecule has 5 aromatic rings. The van der Waals surface area contributed by atoms with E-state index in [9.17, 15) is 28.5 Å². The highest BCUT2D eigenvalue weighted by molar-refractivity contribution is 7.85. The number of carbonyl (C=O) groups excluding carboxylic acids is 1. The second-order valence-corrected chi connectivity index (χ2v) is 12.6. The Kier molecular flexibility index (Phi) is 11.1. The number of aromatic nitrogens is 4. The van der Waals surface area contributed by atoms with E-state index in [1.165, 1.54) is 48.6 Å². The van der Waals surface area contributed by atoms with Crippen molar-refractivity contribution >= 4 is 43.8 Å². The zero-order valence-corrected chi connectivity index (χ0v) is 28.0. The fourth-order valence-corrected chi connectivity index (χ4v) is 6.12. The Bertz CT molecular complexity index is 2030. The van der Waals surface area contributed by atoms with Gasteiger partial charge in [0.25, 0.3) is 5.91 Å². The lowest BCUT2D eigenvalue weighted by Crippen LogP contribution is -2.37. The monoisotopic (exact) mass is 693 g/mol. The summed E-state index contributed by atoms with van der Waals surface area (Å²) in [5.74, 6) is -1.46. The van der Waals surface area contributed by atoms with E-state index in [2.05, 4.69) is 41.0 Å². The van der Waals surface area contributed by atoms with Crippen LogP contribution in [-0.2, 0) is 19.2 Å². The van der Waals surface area contributed by atoms with Crippen LogP contribution in [0.2, 0.25) is 0 Å². The van der Waals surface area contributed by atoms with E-state index < -0.39 is 53.1 Å². The summed E-state index contributed by atoms with van der Waals surface area (Å²) >= 11 is 0. The van der Waals surface area contributed by atoms with E-state index in [1.807, 2.05) is 42.5 Å². The van der Waals surface area contributed by atoms with Gasteiger partial charge in [-0.05, 0) is 54.7 Å². The third-order valence-electron chi connectivity index (χ3n) is 8.21. The van der Waals surface area contributed by atoms with Crippen molar-refractivity contribution in [2.75, 3.05) is 32.0 Å². The first-order valence-electron chi connectivity index (χ1n) is 15.7. The normalized spacial score (nSPS) is 19.2. The van der Waals surface area contributed by atoms with E-state index in [0.29, 0.717) is 11.2 Å². The molecule has 2 aromatic heterocycles. The highest BCUT2D eigenvalue weighted by Crippen LogP contribution is 2.34. The predicted molar refractivity (Wildman–Crippen MR) is 183 cm³/mol. The molecular formula is C33H39N7O8S. The zero-order valence-electron chi connectivity index (χ0n) is 27.2. The summed E-state index contributed by atoms with van der Waals surface area (Å²) in [5, 5.41) is 41.3. The predicted octanol–water partition coefficient (Wildman–Crippen LogP) is 2.59. The van der Waals surface area contributed by atoms with E-state index >= 15 is 0 Å². The van der Waals surface area contributed by atoms with Gasteiger partial charge in [-0.15, -0.1) is 5.10 Å². The van der Waals surface area contributed by atoms with E-state index in [4.69, 9.17) is 14.7 Å². The van der Waals surface area contributed by atoms with Crippen LogP contribution in [0.3, 0.4) is 0 Å². The smallest absolute Gasteiger partial charge is 0.362 e. The number of aliphatic hydroxyl groups is 2. The molecule has 6 N–H and O–H groups in total. The third-order valence-corrected chi connectivity index (χ3v) is 9.09. The molecule has 6 rings (SSSR count). The highest BCUT2D eigenvalue weighted by atomic mass is 32.2. The van der Waals surface area contributed by atoms with Crippen LogP contribution in [0.1, 0.15) is 37.4 Å². The number of nitrogens with zero attached hydrogens (tertiary/aromatic N) is 5. The lowest BCUT2D eigenvalue weighted by molar-refractivity contribution is -0.0533. The maximum absolute atomic E-state index is 12.4. The number of ether oxygens (including phenoxy) is 1. The largest absolute Gasteiger partial charge is 0.507 e. The molecule has 16 heteroatoms. The number of phenols is 1. The first kappa shape index (κ1) is 35.6. The van der Waals surface area contributed by atoms with Gasteiger partial charge in [-0.1, -0.05) is 74.5 Å². The number of carbonyl (C=O) groups is 1. The van der Waals surface area contributed by atoms with Crippen molar-refractivity contribution < 1.29 is 37.5 Å². The van der Waals surface area contributed by atoms with Gasteiger partial charge in [0.1, 0.15) is 24.1 Å². The van der Waals surface area contributed by atoms with Crippen molar-refractivity contribution in [3.8, 4) is 17.0 Å². The summed E-state index contributed by atoms with van der Waals surface area (Å²) in [6, 6.07) is 20.6. The molecule has 0 bridgehead atoms. The maximum atomic E-state index is 12.4. The Morgan fingerprint density at radius 1 is 0.980 bits per heavy atom. The SMILES string of the molecule is CCN(CC)CC.Nc1nc(-c2ccc3ccccc3c2)cc2c1nnn2[C@@H]1O[C@H](COS(=O)(=O)NC(=O)c2ccccc2O)[C@@H](O)[C@H]1O. The number of amides is 1. The topological polar surface area (TPSA) is 215 Å². The van der Waals surface area contributed by atoms with Crippen LogP contribution in [0.5, 0.6) is 5.75 Å². The molecule has 4 atom stereocenters. The van der Waals surface area contributed by atoms with E-state index in [-0.39, 0.29) is 16.9 Å². The number of benzene rings is 3. The summed E-state index contributed by atoms with van der Waals surface area (Å²) in [5.41, 5.74) is 7.76. The van der Waals surface area contributed by atoms with Gasteiger partial charge < -0.3 is 30.7 Å². The summed E-state index contributed by atoms with van der Waals surface area (Å²) in [7, 11) is -4.68. The van der Waals surface area contributed by atoms with Crippen molar-refractivity contribution in [3.05, 3.63) is 78.4 Å². The molecule has 0 spiro atoms. The number of phenolic OH excluding ortho intramolecular Hbond substituents is 1. The van der Waals surface area contributed by atoms with Gasteiger partial charge >= 0.3 is 10.3 Å². The van der Waals surface area contributed by atoms with Crippen LogP contribution in [0.15, 0.2) is 72.8 Å². The van der Waals surface area contributed by atoms with Crippen molar-refractivity contribution in [3.63, 3.8) is 0 Å². The van der Waals surface area contributed by atoms with Crippen LogP contribution in [0.25, 0.3) is 33.1 Å². The van der Waals surface area contributed by atoms with Crippen LogP contribution in [0.4, 0.5) is 5.82 Å². The van der Waals surface area contributed by atoms with Gasteiger partial charge in [-0.25, -0.2) is 14.4 Å². The van der Waals surface area contributed by atoms with Gasteiger partial charge in [0.15, 0.2) is 17.6 Å². The molecular weight excluding hydrogens is 654 g/mol. The number of para-hydroxylation sites is 1. The number of anilines is 1. The first-order chi connectivity index (χ1) is 23.5. The molecule has 1 aliphatic rings. The van der Waals surface area contributed by atoms with Crippen molar-refractivity contribution in [2.45, 2.75) is 45.3 Å². The number of rotatable bonds is 10. The fraction of sp³-hybridized carbons (Fsp3) is 0.333. The maximum Gasteiger partial charge on any atom is 0.362 e. The van der Waals surface area contributed by atoms with Crippen LogP contribution in [-0.4, -0.2) is 99.1 Å². The lowest BCUT2D eigenvalue weighted by atomic mass is 10.0. The number of aliphatic hydroxyl groups excluding tert-OH is 2. The Hall–Kier alpha value is -4.71.